The van der Waals surface area contributed by atoms with E-state index in [2.05, 4.69) is 24.1 Å². The van der Waals surface area contributed by atoms with Gasteiger partial charge in [0.15, 0.2) is 18.2 Å². The third-order valence-corrected chi connectivity index (χ3v) is 5.03. The van der Waals surface area contributed by atoms with Gasteiger partial charge in [-0.05, 0) is 18.3 Å². The molecule has 0 saturated carbocycles. The Labute approximate surface area is 142 Å². The number of ether oxygens (including phenoxy) is 1. The second kappa shape index (κ2) is 6.58. The first kappa shape index (κ1) is 17.0. The van der Waals surface area contributed by atoms with Crippen LogP contribution in [0.25, 0.3) is 0 Å². The van der Waals surface area contributed by atoms with Crippen LogP contribution < -0.4 is 5.32 Å². The van der Waals surface area contributed by atoms with Gasteiger partial charge in [-0.3, -0.25) is 10.1 Å². The topological polar surface area (TPSA) is 77.5 Å². The lowest BCUT2D eigenvalue weighted by Gasteiger charge is -2.41. The van der Waals surface area contributed by atoms with Gasteiger partial charge in [-0.2, -0.15) is 0 Å². The van der Waals surface area contributed by atoms with Crippen LogP contribution in [-0.2, 0) is 9.53 Å². The number of guanidine groups is 1. The van der Waals surface area contributed by atoms with Crippen molar-refractivity contribution in [2.24, 2.45) is 16.8 Å². The normalized spacial score (nSPS) is 33.5. The molecule has 0 aromatic carbocycles. The molecule has 24 heavy (non-hydrogen) atoms. The zero-order valence-corrected chi connectivity index (χ0v) is 14.9. The molecule has 0 spiro atoms. The van der Waals surface area contributed by atoms with Crippen LogP contribution in [0.4, 0.5) is 4.79 Å². The summed E-state index contributed by atoms with van der Waals surface area (Å²) in [7, 11) is 3.33. The quantitative estimate of drug-likeness (QED) is 0.794. The molecule has 4 unspecified atom stereocenters. The predicted octanol–water partition coefficient (Wildman–Crippen LogP) is 0.159. The van der Waals surface area contributed by atoms with E-state index in [0.29, 0.717) is 25.0 Å². The number of likely N-dealkylation sites (tertiary alicyclic amines) is 1. The smallest absolute Gasteiger partial charge is 0.325 e. The Hall–Kier alpha value is -1.83. The number of rotatable bonds is 3. The summed E-state index contributed by atoms with van der Waals surface area (Å²) in [6, 6.07) is -0.872. The Bertz CT molecular complexity index is 542. The highest BCUT2D eigenvalue weighted by Crippen LogP contribution is 2.29. The summed E-state index contributed by atoms with van der Waals surface area (Å²) < 4.78 is 5.22. The summed E-state index contributed by atoms with van der Waals surface area (Å²) in [6.07, 6.45) is 0.735. The second-order valence-corrected chi connectivity index (χ2v) is 7.23. The average molecular weight is 337 g/mol. The Morgan fingerprint density at radius 2 is 1.92 bits per heavy atom. The number of fused-ring (bicyclic) bond motifs is 1. The summed E-state index contributed by atoms with van der Waals surface area (Å²) in [6.45, 7) is 7.41. The number of methoxy groups -OCH3 is 1. The minimum atomic E-state index is -0.481. The van der Waals surface area contributed by atoms with Crippen LogP contribution in [0, 0.1) is 11.8 Å². The van der Waals surface area contributed by atoms with E-state index < -0.39 is 18.2 Å². The highest BCUT2D eigenvalue weighted by molar-refractivity contribution is 6.03. The summed E-state index contributed by atoms with van der Waals surface area (Å²) >= 11 is 0. The molecule has 134 valence electrons. The minimum absolute atomic E-state index is 0.281. The first-order valence-corrected chi connectivity index (χ1v) is 8.58. The second-order valence-electron chi connectivity index (χ2n) is 7.23. The molecule has 3 amide bonds. The van der Waals surface area contributed by atoms with Crippen molar-refractivity contribution in [1.29, 1.82) is 0 Å². The number of hydrogen-bond acceptors (Lipinski definition) is 6. The van der Waals surface area contributed by atoms with Crippen molar-refractivity contribution < 1.29 is 14.3 Å². The van der Waals surface area contributed by atoms with E-state index in [1.165, 1.54) is 11.3 Å². The number of amides is 3. The predicted molar refractivity (Wildman–Crippen MR) is 89.4 cm³/mol. The average Bonchev–Trinajstić information content (AvgIpc) is 2.90. The van der Waals surface area contributed by atoms with Gasteiger partial charge in [0.25, 0.3) is 5.91 Å². The number of piperidine rings is 1. The number of carbonyl (C=O) groups excluding carboxylic acids is 2. The van der Waals surface area contributed by atoms with Gasteiger partial charge in [0.1, 0.15) is 0 Å². The molecule has 0 aromatic rings. The standard InChI is InChI=1S/C16H27N5O3/c1-10-7-11(2)9-20(8-10)15-17-13-12(21(15)5-6-24-4)14(22)18-16(23)19(13)3/h10-13H,5-9H2,1-4H3,(H,18,22,23). The number of aliphatic imine (C=N–C) groups is 1. The van der Waals surface area contributed by atoms with Crippen molar-refractivity contribution in [3.05, 3.63) is 0 Å². The Kier molecular flexibility index (Phi) is 4.67. The molecule has 3 aliphatic rings. The lowest BCUT2D eigenvalue weighted by Crippen LogP contribution is -2.64. The Morgan fingerprint density at radius 1 is 1.25 bits per heavy atom. The molecule has 4 atom stereocenters. The molecular formula is C16H27N5O3. The van der Waals surface area contributed by atoms with Gasteiger partial charge in [-0.25, -0.2) is 9.79 Å². The Morgan fingerprint density at radius 3 is 2.54 bits per heavy atom. The number of nitrogens with zero attached hydrogens (tertiary/aromatic N) is 4. The molecule has 0 aromatic heterocycles. The summed E-state index contributed by atoms with van der Waals surface area (Å²) in [5, 5.41) is 2.42. The van der Waals surface area contributed by atoms with E-state index in [9.17, 15) is 9.59 Å². The van der Waals surface area contributed by atoms with Gasteiger partial charge in [0.05, 0.1) is 6.61 Å². The number of likely N-dealkylation sites (N-methyl/N-ethyl adjacent to an activating group) is 1. The van der Waals surface area contributed by atoms with Crippen LogP contribution in [0.15, 0.2) is 4.99 Å². The van der Waals surface area contributed by atoms with E-state index >= 15 is 0 Å². The maximum atomic E-state index is 12.4. The molecule has 8 nitrogen and oxygen atoms in total. The van der Waals surface area contributed by atoms with Crippen LogP contribution >= 0.6 is 0 Å². The van der Waals surface area contributed by atoms with Gasteiger partial charge in [-0.1, -0.05) is 13.8 Å². The van der Waals surface area contributed by atoms with E-state index in [0.717, 1.165) is 19.0 Å². The number of nitrogens with one attached hydrogen (secondary N) is 1. The van der Waals surface area contributed by atoms with Crippen molar-refractivity contribution in [2.45, 2.75) is 32.5 Å². The van der Waals surface area contributed by atoms with Crippen LogP contribution in [0.1, 0.15) is 20.3 Å². The molecule has 2 saturated heterocycles. The number of carbonyl (C=O) groups is 2. The maximum absolute atomic E-state index is 12.4. The fourth-order valence-corrected chi connectivity index (χ4v) is 4.03. The van der Waals surface area contributed by atoms with Crippen molar-refractivity contribution in [3.63, 3.8) is 0 Å². The molecule has 3 heterocycles. The van der Waals surface area contributed by atoms with Gasteiger partial charge in [0, 0.05) is 33.8 Å². The van der Waals surface area contributed by atoms with Crippen LogP contribution in [0.5, 0.6) is 0 Å². The SMILES string of the molecule is COCCN1C(N2CC(C)CC(C)C2)=NC2C1C(=O)NC(=O)N2C. The molecule has 8 heteroatoms. The molecule has 3 aliphatic heterocycles. The van der Waals surface area contributed by atoms with Gasteiger partial charge < -0.3 is 19.4 Å². The maximum Gasteiger partial charge on any atom is 0.325 e. The molecule has 2 fully saturated rings. The van der Waals surface area contributed by atoms with Crippen molar-refractivity contribution >= 4 is 17.9 Å². The van der Waals surface area contributed by atoms with Crippen molar-refractivity contribution in [3.8, 4) is 0 Å². The molecule has 1 N–H and O–H groups in total. The summed E-state index contributed by atoms with van der Waals surface area (Å²) in [5.74, 6) is 1.70. The van der Waals surface area contributed by atoms with E-state index in [1.807, 2.05) is 4.90 Å². The highest BCUT2D eigenvalue weighted by Gasteiger charge is 2.49. The third kappa shape index (κ3) is 2.94. The molecule has 0 bridgehead atoms. The van der Waals surface area contributed by atoms with Crippen molar-refractivity contribution in [1.82, 2.24) is 20.0 Å². The molecule has 0 aliphatic carbocycles. The van der Waals surface area contributed by atoms with Crippen LogP contribution in [0.2, 0.25) is 0 Å². The Balaban J connectivity index is 1.89. The lowest BCUT2D eigenvalue weighted by atomic mass is 9.92. The molecule has 3 rings (SSSR count). The number of urea groups is 1. The van der Waals surface area contributed by atoms with E-state index in [-0.39, 0.29) is 5.91 Å². The zero-order chi connectivity index (χ0) is 17.4. The molecular weight excluding hydrogens is 310 g/mol. The van der Waals surface area contributed by atoms with E-state index in [1.54, 1.807) is 14.2 Å². The third-order valence-electron chi connectivity index (χ3n) is 5.03. The van der Waals surface area contributed by atoms with Gasteiger partial charge >= 0.3 is 6.03 Å². The highest BCUT2D eigenvalue weighted by atomic mass is 16.5. The zero-order valence-electron chi connectivity index (χ0n) is 14.9. The van der Waals surface area contributed by atoms with Gasteiger partial charge in [-0.15, -0.1) is 0 Å². The number of imide groups is 1. The summed E-state index contributed by atoms with van der Waals surface area (Å²) in [5.41, 5.74) is 0. The molecule has 0 radical (unpaired) electrons. The summed E-state index contributed by atoms with van der Waals surface area (Å²) in [4.78, 5) is 34.9. The number of hydrogen-bond donors (Lipinski definition) is 1. The first-order valence-electron chi connectivity index (χ1n) is 8.58. The fraction of sp³-hybridized carbons (Fsp3) is 0.812. The van der Waals surface area contributed by atoms with E-state index in [4.69, 9.17) is 9.73 Å². The van der Waals surface area contributed by atoms with Crippen LogP contribution in [-0.4, -0.2) is 85.2 Å². The first-order chi connectivity index (χ1) is 11.4. The minimum Gasteiger partial charge on any atom is -0.383 e. The van der Waals surface area contributed by atoms with Crippen molar-refractivity contribution in [2.75, 3.05) is 40.4 Å². The largest absolute Gasteiger partial charge is 0.383 e. The lowest BCUT2D eigenvalue weighted by molar-refractivity contribution is -0.127. The fourth-order valence-electron chi connectivity index (χ4n) is 4.03. The monoisotopic (exact) mass is 337 g/mol. The van der Waals surface area contributed by atoms with Gasteiger partial charge in [0.2, 0.25) is 0 Å². The van der Waals surface area contributed by atoms with Crippen LogP contribution in [0.3, 0.4) is 0 Å².